The zero-order valence-electron chi connectivity index (χ0n) is 12.5. The van der Waals surface area contributed by atoms with E-state index in [2.05, 4.69) is 20.4 Å². The van der Waals surface area contributed by atoms with Crippen molar-refractivity contribution in [1.29, 1.82) is 0 Å². The van der Waals surface area contributed by atoms with Crippen molar-refractivity contribution < 1.29 is 14.3 Å². The summed E-state index contributed by atoms with van der Waals surface area (Å²) >= 11 is 0. The molecule has 1 aliphatic heterocycles. The number of nitrogens with one attached hydrogen (secondary N) is 1. The number of carbonyl (C=O) groups is 1. The summed E-state index contributed by atoms with van der Waals surface area (Å²) in [5.74, 6) is 1.75. The SMILES string of the molecule is O=C(Nc1cc(-n2cccn2)ncn1)C1COc2ccccc2O1. The second-order valence-corrected chi connectivity index (χ2v) is 5.07. The number of carbonyl (C=O) groups excluding carboxylic acids is 1. The molecule has 0 saturated carbocycles. The first-order chi connectivity index (χ1) is 11.8. The molecule has 0 aliphatic carbocycles. The van der Waals surface area contributed by atoms with Crippen LogP contribution in [0.5, 0.6) is 11.5 Å². The maximum Gasteiger partial charge on any atom is 0.270 e. The van der Waals surface area contributed by atoms with E-state index in [1.165, 1.54) is 6.33 Å². The molecule has 8 nitrogen and oxygen atoms in total. The quantitative estimate of drug-likeness (QED) is 0.784. The minimum absolute atomic E-state index is 0.139. The van der Waals surface area contributed by atoms with Crippen LogP contribution in [0.15, 0.2) is 55.1 Å². The maximum absolute atomic E-state index is 12.4. The lowest BCUT2D eigenvalue weighted by atomic mass is 10.2. The number of anilines is 1. The molecule has 3 aromatic rings. The second kappa shape index (κ2) is 5.99. The average molecular weight is 323 g/mol. The van der Waals surface area contributed by atoms with E-state index in [1.807, 2.05) is 12.1 Å². The highest BCUT2D eigenvalue weighted by molar-refractivity contribution is 5.94. The van der Waals surface area contributed by atoms with Crippen molar-refractivity contribution in [2.45, 2.75) is 6.10 Å². The lowest BCUT2D eigenvalue weighted by molar-refractivity contribution is -0.125. The summed E-state index contributed by atoms with van der Waals surface area (Å²) in [6, 6.07) is 10.6. The molecule has 1 atom stereocenters. The summed E-state index contributed by atoms with van der Waals surface area (Å²) in [5, 5.41) is 6.80. The van der Waals surface area contributed by atoms with E-state index in [0.29, 0.717) is 23.1 Å². The molecular weight excluding hydrogens is 310 g/mol. The van der Waals surface area contributed by atoms with Crippen LogP contribution in [0.2, 0.25) is 0 Å². The Hall–Kier alpha value is -3.42. The summed E-state index contributed by atoms with van der Waals surface area (Å²) in [6.07, 6.45) is 4.01. The molecule has 0 spiro atoms. The summed E-state index contributed by atoms with van der Waals surface area (Å²) in [7, 11) is 0. The molecule has 0 bridgehead atoms. The largest absolute Gasteiger partial charge is 0.485 e. The Kier molecular flexibility index (Phi) is 3.54. The first-order valence-corrected chi connectivity index (χ1v) is 7.31. The third-order valence-electron chi connectivity index (χ3n) is 3.44. The molecule has 1 amide bonds. The molecule has 0 radical (unpaired) electrons. The summed E-state index contributed by atoms with van der Waals surface area (Å²) in [4.78, 5) is 20.5. The van der Waals surface area contributed by atoms with Crippen molar-refractivity contribution in [2.24, 2.45) is 0 Å². The van der Waals surface area contributed by atoms with Gasteiger partial charge in [-0.2, -0.15) is 5.10 Å². The van der Waals surface area contributed by atoms with Crippen LogP contribution in [0, 0.1) is 0 Å². The van der Waals surface area contributed by atoms with Crippen LogP contribution >= 0.6 is 0 Å². The fourth-order valence-electron chi connectivity index (χ4n) is 2.30. The van der Waals surface area contributed by atoms with Gasteiger partial charge in [0, 0.05) is 18.5 Å². The number of rotatable bonds is 3. The Balaban J connectivity index is 1.48. The normalized spacial score (nSPS) is 15.8. The average Bonchev–Trinajstić information content (AvgIpc) is 3.16. The molecule has 1 N–H and O–H groups in total. The van der Waals surface area contributed by atoms with E-state index >= 15 is 0 Å². The van der Waals surface area contributed by atoms with Gasteiger partial charge in [-0.25, -0.2) is 14.6 Å². The first kappa shape index (κ1) is 14.2. The molecule has 3 heterocycles. The number of ether oxygens (including phenoxy) is 2. The molecule has 24 heavy (non-hydrogen) atoms. The van der Waals surface area contributed by atoms with Crippen LogP contribution in [0.3, 0.4) is 0 Å². The van der Waals surface area contributed by atoms with Gasteiger partial charge in [0.05, 0.1) is 0 Å². The van der Waals surface area contributed by atoms with Crippen LogP contribution < -0.4 is 14.8 Å². The lowest BCUT2D eigenvalue weighted by Gasteiger charge is -2.25. The van der Waals surface area contributed by atoms with Crippen molar-refractivity contribution in [3.05, 3.63) is 55.1 Å². The van der Waals surface area contributed by atoms with Gasteiger partial charge in [-0.15, -0.1) is 0 Å². The van der Waals surface area contributed by atoms with Crippen molar-refractivity contribution in [1.82, 2.24) is 19.7 Å². The van der Waals surface area contributed by atoms with Gasteiger partial charge in [-0.1, -0.05) is 12.1 Å². The van der Waals surface area contributed by atoms with Gasteiger partial charge in [-0.05, 0) is 18.2 Å². The summed E-state index contributed by atoms with van der Waals surface area (Å²) in [5.41, 5.74) is 0. The van der Waals surface area contributed by atoms with E-state index in [1.54, 1.807) is 41.3 Å². The number of benzene rings is 1. The minimum Gasteiger partial charge on any atom is -0.485 e. The third kappa shape index (κ3) is 2.76. The highest BCUT2D eigenvalue weighted by Gasteiger charge is 2.27. The Morgan fingerprint density at radius 1 is 1.21 bits per heavy atom. The monoisotopic (exact) mass is 323 g/mol. The molecule has 4 rings (SSSR count). The van der Waals surface area contributed by atoms with Crippen LogP contribution in [0.25, 0.3) is 5.82 Å². The zero-order valence-corrected chi connectivity index (χ0v) is 12.5. The highest BCUT2D eigenvalue weighted by atomic mass is 16.6. The summed E-state index contributed by atoms with van der Waals surface area (Å²) < 4.78 is 12.8. The predicted octanol–water partition coefficient (Wildman–Crippen LogP) is 1.44. The van der Waals surface area contributed by atoms with Crippen LogP contribution in [0.4, 0.5) is 5.82 Å². The number of amides is 1. The number of aromatic nitrogens is 4. The Morgan fingerprint density at radius 3 is 2.92 bits per heavy atom. The number of para-hydroxylation sites is 2. The second-order valence-electron chi connectivity index (χ2n) is 5.07. The number of fused-ring (bicyclic) bond motifs is 1. The third-order valence-corrected chi connectivity index (χ3v) is 3.44. The van der Waals surface area contributed by atoms with Crippen molar-refractivity contribution in [2.75, 3.05) is 11.9 Å². The summed E-state index contributed by atoms with van der Waals surface area (Å²) in [6.45, 7) is 0.139. The van der Waals surface area contributed by atoms with Gasteiger partial charge in [0.2, 0.25) is 6.10 Å². The number of hydrogen-bond donors (Lipinski definition) is 1. The molecular formula is C16H13N5O3. The topological polar surface area (TPSA) is 91.2 Å². The standard InChI is InChI=1S/C16H13N5O3/c22-16(13-9-23-11-4-1-2-5-12(11)24-13)20-14-8-15(18-10-17-14)21-7-3-6-19-21/h1-8,10,13H,9H2,(H,17,18,20,22). The van der Waals surface area contributed by atoms with Gasteiger partial charge in [-0.3, -0.25) is 4.79 Å². The van der Waals surface area contributed by atoms with Gasteiger partial charge >= 0.3 is 0 Å². The zero-order chi connectivity index (χ0) is 16.4. The van der Waals surface area contributed by atoms with Crippen LogP contribution in [-0.4, -0.2) is 38.4 Å². The Morgan fingerprint density at radius 2 is 2.08 bits per heavy atom. The van der Waals surface area contributed by atoms with E-state index in [-0.39, 0.29) is 12.5 Å². The molecule has 0 fully saturated rings. The minimum atomic E-state index is -0.747. The van der Waals surface area contributed by atoms with Gasteiger partial charge in [0.1, 0.15) is 18.8 Å². The number of nitrogens with zero attached hydrogens (tertiary/aromatic N) is 4. The predicted molar refractivity (Wildman–Crippen MR) is 84.1 cm³/mol. The van der Waals surface area contributed by atoms with Gasteiger partial charge in [0.25, 0.3) is 5.91 Å². The molecule has 0 saturated heterocycles. The Bertz CT molecular complexity index is 866. The van der Waals surface area contributed by atoms with Crippen molar-refractivity contribution in [3.8, 4) is 17.3 Å². The fourth-order valence-corrected chi connectivity index (χ4v) is 2.30. The van der Waals surface area contributed by atoms with Gasteiger partial charge in [0.15, 0.2) is 17.3 Å². The molecule has 1 aromatic carbocycles. The number of hydrogen-bond acceptors (Lipinski definition) is 6. The fraction of sp³-hybridized carbons (Fsp3) is 0.125. The smallest absolute Gasteiger partial charge is 0.270 e. The lowest BCUT2D eigenvalue weighted by Crippen LogP contribution is -2.40. The molecule has 120 valence electrons. The molecule has 8 heteroatoms. The van der Waals surface area contributed by atoms with Gasteiger partial charge < -0.3 is 14.8 Å². The molecule has 1 aliphatic rings. The van der Waals surface area contributed by atoms with E-state index in [9.17, 15) is 4.79 Å². The van der Waals surface area contributed by atoms with E-state index in [0.717, 1.165) is 0 Å². The molecule has 2 aromatic heterocycles. The maximum atomic E-state index is 12.4. The highest BCUT2D eigenvalue weighted by Crippen LogP contribution is 2.31. The Labute approximate surface area is 137 Å². The molecule has 1 unspecified atom stereocenters. The first-order valence-electron chi connectivity index (χ1n) is 7.31. The van der Waals surface area contributed by atoms with Crippen LogP contribution in [-0.2, 0) is 4.79 Å². The van der Waals surface area contributed by atoms with E-state index < -0.39 is 6.10 Å². The van der Waals surface area contributed by atoms with Crippen molar-refractivity contribution >= 4 is 11.7 Å². The van der Waals surface area contributed by atoms with Crippen LogP contribution in [0.1, 0.15) is 0 Å². The van der Waals surface area contributed by atoms with E-state index in [4.69, 9.17) is 9.47 Å². The van der Waals surface area contributed by atoms with Crippen molar-refractivity contribution in [3.63, 3.8) is 0 Å².